The van der Waals surface area contributed by atoms with Gasteiger partial charge in [-0.1, -0.05) is 15.9 Å². The van der Waals surface area contributed by atoms with E-state index in [4.69, 9.17) is 0 Å². The Morgan fingerprint density at radius 1 is 1.50 bits per heavy atom. The lowest BCUT2D eigenvalue weighted by Crippen LogP contribution is -1.93. The van der Waals surface area contributed by atoms with E-state index >= 15 is 0 Å². The first-order valence-corrected chi connectivity index (χ1v) is 5.03. The quantitative estimate of drug-likeness (QED) is 0.370. The molecule has 0 aromatic heterocycles. The van der Waals surface area contributed by atoms with Gasteiger partial charge in [0.2, 0.25) is 0 Å². The van der Waals surface area contributed by atoms with Crippen molar-refractivity contribution in [1.82, 2.24) is 0 Å². The van der Waals surface area contributed by atoms with Crippen LogP contribution < -0.4 is 0 Å². The van der Waals surface area contributed by atoms with Crippen LogP contribution in [-0.4, -0.2) is 18.0 Å². The van der Waals surface area contributed by atoms with Crippen molar-refractivity contribution < 1.29 is 14.5 Å². The Kier molecular flexibility index (Phi) is 4.19. The number of benzene rings is 1. The average molecular weight is 286 g/mol. The predicted molar refractivity (Wildman–Crippen MR) is 61.8 cm³/mol. The van der Waals surface area contributed by atoms with Crippen molar-refractivity contribution in [3.63, 3.8) is 0 Å². The number of nitrogens with zero attached hydrogens (tertiary/aromatic N) is 1. The number of hydrogen-bond acceptors (Lipinski definition) is 4. The molecule has 0 N–H and O–H groups in total. The van der Waals surface area contributed by atoms with Gasteiger partial charge in [0.1, 0.15) is 0 Å². The van der Waals surface area contributed by atoms with E-state index in [1.807, 2.05) is 0 Å². The Bertz CT molecular complexity index is 456. The molecule has 0 saturated carbocycles. The molecule has 16 heavy (non-hydrogen) atoms. The number of non-ortho nitro benzene ring substituents is 1. The van der Waals surface area contributed by atoms with Gasteiger partial charge in [0.05, 0.1) is 12.0 Å². The fourth-order valence-corrected chi connectivity index (χ4v) is 1.53. The van der Waals surface area contributed by atoms with Crippen LogP contribution in [0.3, 0.4) is 0 Å². The summed E-state index contributed by atoms with van der Waals surface area (Å²) in [5, 5.41) is 10.6. The van der Waals surface area contributed by atoms with E-state index in [-0.39, 0.29) is 5.69 Å². The fourth-order valence-electron chi connectivity index (χ4n) is 1.03. The molecule has 0 saturated heterocycles. The highest BCUT2D eigenvalue weighted by atomic mass is 79.9. The highest BCUT2D eigenvalue weighted by molar-refractivity contribution is 9.10. The minimum Gasteiger partial charge on any atom is -0.466 e. The van der Waals surface area contributed by atoms with Gasteiger partial charge in [-0.25, -0.2) is 4.79 Å². The molecule has 0 aliphatic heterocycles. The van der Waals surface area contributed by atoms with Gasteiger partial charge in [0.15, 0.2) is 0 Å². The van der Waals surface area contributed by atoms with Crippen molar-refractivity contribution in [3.05, 3.63) is 44.4 Å². The zero-order valence-electron chi connectivity index (χ0n) is 8.34. The highest BCUT2D eigenvalue weighted by Gasteiger charge is 2.07. The molecule has 0 bridgehead atoms. The molecular formula is C10H8BrNO4. The maximum atomic E-state index is 10.8. The Balaban J connectivity index is 3.01. The first-order valence-electron chi connectivity index (χ1n) is 4.24. The predicted octanol–water partition coefficient (Wildman–Crippen LogP) is 2.54. The van der Waals surface area contributed by atoms with Crippen LogP contribution in [0.25, 0.3) is 6.08 Å². The maximum Gasteiger partial charge on any atom is 0.330 e. The van der Waals surface area contributed by atoms with Gasteiger partial charge in [-0.3, -0.25) is 10.1 Å². The smallest absolute Gasteiger partial charge is 0.330 e. The van der Waals surface area contributed by atoms with E-state index in [1.165, 1.54) is 31.4 Å². The average Bonchev–Trinajstić information content (AvgIpc) is 2.25. The molecule has 6 heteroatoms. The van der Waals surface area contributed by atoms with Crippen molar-refractivity contribution in [2.24, 2.45) is 0 Å². The Hall–Kier alpha value is -1.69. The van der Waals surface area contributed by atoms with Crippen LogP contribution in [0.2, 0.25) is 0 Å². The summed E-state index contributed by atoms with van der Waals surface area (Å²) in [6, 6.07) is 4.41. The zero-order chi connectivity index (χ0) is 12.1. The minimum atomic E-state index is -0.511. The van der Waals surface area contributed by atoms with Crippen LogP contribution in [0.1, 0.15) is 5.56 Å². The third-order valence-corrected chi connectivity index (χ3v) is 2.19. The Labute approximate surface area is 100.0 Å². The summed E-state index contributed by atoms with van der Waals surface area (Å²) < 4.78 is 4.98. The molecule has 0 heterocycles. The van der Waals surface area contributed by atoms with Crippen LogP contribution in [0.4, 0.5) is 5.69 Å². The second kappa shape index (κ2) is 5.41. The fraction of sp³-hybridized carbons (Fsp3) is 0.100. The summed E-state index contributed by atoms with van der Waals surface area (Å²) in [5.74, 6) is -0.511. The molecule has 84 valence electrons. The summed E-state index contributed by atoms with van der Waals surface area (Å²) >= 11 is 3.15. The summed E-state index contributed by atoms with van der Waals surface area (Å²) in [6.45, 7) is 0. The van der Waals surface area contributed by atoms with E-state index in [1.54, 1.807) is 6.07 Å². The third-order valence-electron chi connectivity index (χ3n) is 1.73. The molecule has 0 radical (unpaired) electrons. The first kappa shape index (κ1) is 12.4. The van der Waals surface area contributed by atoms with Crippen molar-refractivity contribution in [2.45, 2.75) is 0 Å². The molecule has 0 atom stereocenters. The first-order chi connectivity index (χ1) is 7.52. The van der Waals surface area contributed by atoms with Crippen LogP contribution in [0, 0.1) is 10.1 Å². The van der Waals surface area contributed by atoms with Gasteiger partial charge >= 0.3 is 5.97 Å². The molecular weight excluding hydrogens is 278 g/mol. The van der Waals surface area contributed by atoms with Crippen LogP contribution in [0.15, 0.2) is 28.7 Å². The molecule has 0 aliphatic rings. The molecule has 1 rings (SSSR count). The Morgan fingerprint density at radius 2 is 2.19 bits per heavy atom. The summed E-state index contributed by atoms with van der Waals surface area (Å²) in [4.78, 5) is 20.9. The number of esters is 1. The Morgan fingerprint density at radius 3 is 2.75 bits per heavy atom. The van der Waals surface area contributed by atoms with Crippen molar-refractivity contribution in [1.29, 1.82) is 0 Å². The largest absolute Gasteiger partial charge is 0.466 e. The lowest BCUT2D eigenvalue weighted by molar-refractivity contribution is -0.384. The lowest BCUT2D eigenvalue weighted by atomic mass is 10.2. The molecule has 0 amide bonds. The van der Waals surface area contributed by atoms with Crippen LogP contribution in [-0.2, 0) is 9.53 Å². The normalized spacial score (nSPS) is 10.4. The van der Waals surface area contributed by atoms with E-state index in [9.17, 15) is 14.9 Å². The molecule has 1 aromatic rings. The number of halogens is 1. The number of carbonyl (C=O) groups excluding carboxylic acids is 1. The summed E-state index contributed by atoms with van der Waals surface area (Å²) in [6.07, 6.45) is 2.65. The third kappa shape index (κ3) is 3.47. The molecule has 0 spiro atoms. The number of nitro benzene ring substituents is 1. The van der Waals surface area contributed by atoms with Crippen LogP contribution >= 0.6 is 15.9 Å². The van der Waals surface area contributed by atoms with Gasteiger partial charge in [-0.15, -0.1) is 0 Å². The number of ether oxygens (including phenoxy) is 1. The van der Waals surface area contributed by atoms with Crippen LogP contribution in [0.5, 0.6) is 0 Å². The molecule has 0 aliphatic carbocycles. The van der Waals surface area contributed by atoms with E-state index in [2.05, 4.69) is 20.7 Å². The number of carbonyl (C=O) groups is 1. The summed E-state index contributed by atoms with van der Waals surface area (Å²) in [7, 11) is 1.26. The summed E-state index contributed by atoms with van der Waals surface area (Å²) in [5.41, 5.74) is 0.505. The van der Waals surface area contributed by atoms with Gasteiger partial charge in [-0.05, 0) is 17.7 Å². The topological polar surface area (TPSA) is 69.4 Å². The second-order valence-electron chi connectivity index (χ2n) is 2.86. The highest BCUT2D eigenvalue weighted by Crippen LogP contribution is 2.22. The zero-order valence-corrected chi connectivity index (χ0v) is 9.93. The SMILES string of the molecule is COC(=O)/C=C/c1cc(Br)cc([N+](=O)[O-])c1. The van der Waals surface area contributed by atoms with E-state index in [0.29, 0.717) is 10.0 Å². The van der Waals surface area contributed by atoms with E-state index in [0.717, 1.165) is 0 Å². The van der Waals surface area contributed by atoms with Gasteiger partial charge < -0.3 is 4.74 Å². The lowest BCUT2D eigenvalue weighted by Gasteiger charge is -1.97. The van der Waals surface area contributed by atoms with Gasteiger partial charge in [0, 0.05) is 22.7 Å². The molecule has 0 unspecified atom stereocenters. The van der Waals surface area contributed by atoms with Crippen molar-refractivity contribution in [3.8, 4) is 0 Å². The van der Waals surface area contributed by atoms with Gasteiger partial charge in [0.25, 0.3) is 5.69 Å². The monoisotopic (exact) mass is 285 g/mol. The molecule has 1 aromatic carbocycles. The van der Waals surface area contributed by atoms with Crippen molar-refractivity contribution in [2.75, 3.05) is 7.11 Å². The van der Waals surface area contributed by atoms with Crippen molar-refractivity contribution >= 4 is 33.7 Å². The second-order valence-corrected chi connectivity index (χ2v) is 3.77. The standard InChI is InChI=1S/C10H8BrNO4/c1-16-10(13)3-2-7-4-8(11)6-9(5-7)12(14)15/h2-6H,1H3/b3-2+. The molecule has 0 fully saturated rings. The number of hydrogen-bond donors (Lipinski definition) is 0. The molecule has 5 nitrogen and oxygen atoms in total. The van der Waals surface area contributed by atoms with Gasteiger partial charge in [-0.2, -0.15) is 0 Å². The minimum absolute atomic E-state index is 0.0427. The van der Waals surface area contributed by atoms with E-state index < -0.39 is 10.9 Å². The number of rotatable bonds is 3. The number of nitro groups is 1. The number of methoxy groups -OCH3 is 1. The maximum absolute atomic E-state index is 10.8.